The molecule has 1 atom stereocenters. The summed E-state index contributed by atoms with van der Waals surface area (Å²) in [5.74, 6) is -0.924. The summed E-state index contributed by atoms with van der Waals surface area (Å²) >= 11 is 0. The van der Waals surface area contributed by atoms with Crippen molar-refractivity contribution in [3.8, 4) is 11.4 Å². The zero-order valence-electron chi connectivity index (χ0n) is 23.9. The Morgan fingerprint density at radius 1 is 1.05 bits per heavy atom. The molecular weight excluding hydrogens is 551 g/mol. The van der Waals surface area contributed by atoms with Crippen molar-refractivity contribution >= 4 is 23.4 Å². The first-order valence-corrected chi connectivity index (χ1v) is 13.7. The Morgan fingerprint density at radius 3 is 2.38 bits per heavy atom. The molecule has 0 bridgehead atoms. The van der Waals surface area contributed by atoms with Gasteiger partial charge in [0.1, 0.15) is 11.4 Å². The van der Waals surface area contributed by atoms with Gasteiger partial charge in [0.05, 0.1) is 18.4 Å². The quantitative estimate of drug-likeness (QED) is 0.430. The minimum Gasteiger partial charge on any atom is -0.497 e. The number of methoxy groups -OCH3 is 1. The SMILES string of the molecule is COc1ccc(-n2nc(C(F)(F)F)c3c2C(=O)N(c2ccc(C(=O)N(C)C)cc2)CC3)c(C(=O)N2CCCCC2C)c1. The van der Waals surface area contributed by atoms with Gasteiger partial charge in [0, 0.05) is 50.0 Å². The Kier molecular flexibility index (Phi) is 7.74. The number of aromatic nitrogens is 2. The molecule has 0 N–H and O–H groups in total. The van der Waals surface area contributed by atoms with Crippen LogP contribution in [-0.2, 0) is 12.6 Å². The lowest BCUT2D eigenvalue weighted by atomic mass is 10.0. The summed E-state index contributed by atoms with van der Waals surface area (Å²) in [5.41, 5.74) is -0.636. The van der Waals surface area contributed by atoms with Gasteiger partial charge in [-0.2, -0.15) is 18.3 Å². The number of piperidine rings is 1. The average molecular weight is 584 g/mol. The topological polar surface area (TPSA) is 88.0 Å². The van der Waals surface area contributed by atoms with E-state index in [1.54, 1.807) is 43.3 Å². The number of nitrogens with zero attached hydrogens (tertiary/aromatic N) is 5. The van der Waals surface area contributed by atoms with Gasteiger partial charge in [-0.25, -0.2) is 4.68 Å². The molecule has 1 fully saturated rings. The number of alkyl halides is 3. The van der Waals surface area contributed by atoms with Crippen LogP contribution >= 0.6 is 0 Å². The summed E-state index contributed by atoms with van der Waals surface area (Å²) < 4.78 is 49.0. The van der Waals surface area contributed by atoms with Crippen molar-refractivity contribution in [1.82, 2.24) is 19.6 Å². The number of likely N-dealkylation sites (tertiary alicyclic amines) is 1. The van der Waals surface area contributed by atoms with Gasteiger partial charge >= 0.3 is 6.18 Å². The molecule has 1 saturated heterocycles. The van der Waals surface area contributed by atoms with E-state index in [1.165, 1.54) is 35.1 Å². The van der Waals surface area contributed by atoms with Crippen LogP contribution < -0.4 is 9.64 Å². The van der Waals surface area contributed by atoms with Crippen LogP contribution in [0.25, 0.3) is 5.69 Å². The van der Waals surface area contributed by atoms with Gasteiger partial charge in [0.2, 0.25) is 0 Å². The maximum atomic E-state index is 14.2. The third kappa shape index (κ3) is 5.21. The molecule has 42 heavy (non-hydrogen) atoms. The Labute approximate surface area is 241 Å². The van der Waals surface area contributed by atoms with Crippen LogP contribution in [0.2, 0.25) is 0 Å². The molecular formula is C30H32F3N5O4. The Bertz CT molecular complexity index is 1530. The maximum Gasteiger partial charge on any atom is 0.435 e. The minimum absolute atomic E-state index is 0.0126. The molecule has 3 amide bonds. The fourth-order valence-electron chi connectivity index (χ4n) is 5.60. The van der Waals surface area contributed by atoms with E-state index < -0.39 is 17.8 Å². The molecule has 2 aliphatic heterocycles. The molecule has 12 heteroatoms. The van der Waals surface area contributed by atoms with Gasteiger partial charge in [-0.1, -0.05) is 0 Å². The van der Waals surface area contributed by atoms with Crippen molar-refractivity contribution in [3.63, 3.8) is 0 Å². The maximum absolute atomic E-state index is 14.2. The third-order valence-electron chi connectivity index (χ3n) is 7.84. The molecule has 1 unspecified atom stereocenters. The monoisotopic (exact) mass is 583 g/mol. The first kappa shape index (κ1) is 29.2. The summed E-state index contributed by atoms with van der Waals surface area (Å²) in [6.45, 7) is 2.44. The number of benzene rings is 2. The van der Waals surface area contributed by atoms with E-state index >= 15 is 0 Å². The largest absolute Gasteiger partial charge is 0.497 e. The molecule has 0 saturated carbocycles. The molecule has 0 spiro atoms. The van der Waals surface area contributed by atoms with Crippen molar-refractivity contribution < 1.29 is 32.3 Å². The molecule has 5 rings (SSSR count). The normalized spacial score (nSPS) is 17.2. The first-order valence-electron chi connectivity index (χ1n) is 13.7. The Balaban J connectivity index is 1.62. The van der Waals surface area contributed by atoms with E-state index in [0.29, 0.717) is 23.5 Å². The van der Waals surface area contributed by atoms with Crippen LogP contribution in [0.1, 0.15) is 68.6 Å². The van der Waals surface area contributed by atoms with Crippen molar-refractivity contribution in [2.24, 2.45) is 0 Å². The van der Waals surface area contributed by atoms with E-state index in [9.17, 15) is 27.6 Å². The smallest absolute Gasteiger partial charge is 0.435 e. The fraction of sp³-hybridized carbons (Fsp3) is 0.400. The molecule has 9 nitrogen and oxygen atoms in total. The van der Waals surface area contributed by atoms with Crippen molar-refractivity contribution in [2.75, 3.05) is 39.2 Å². The van der Waals surface area contributed by atoms with Crippen LogP contribution in [-0.4, -0.2) is 77.6 Å². The molecule has 0 aliphatic carbocycles. The number of carbonyl (C=O) groups is 3. The molecule has 1 aromatic heterocycles. The van der Waals surface area contributed by atoms with E-state index in [4.69, 9.17) is 4.74 Å². The van der Waals surface area contributed by atoms with E-state index in [-0.39, 0.29) is 53.3 Å². The van der Waals surface area contributed by atoms with Gasteiger partial charge in [-0.05, 0) is 75.1 Å². The van der Waals surface area contributed by atoms with Gasteiger partial charge in [-0.15, -0.1) is 0 Å². The number of hydrogen-bond donors (Lipinski definition) is 0. The number of anilines is 1. The average Bonchev–Trinajstić information content (AvgIpc) is 3.38. The highest BCUT2D eigenvalue weighted by Crippen LogP contribution is 2.38. The second-order valence-electron chi connectivity index (χ2n) is 10.8. The van der Waals surface area contributed by atoms with Gasteiger partial charge in [0.15, 0.2) is 5.69 Å². The number of halogens is 3. The summed E-state index contributed by atoms with van der Waals surface area (Å²) in [7, 11) is 4.67. The zero-order chi connectivity index (χ0) is 30.3. The van der Waals surface area contributed by atoms with Gasteiger partial charge in [0.25, 0.3) is 17.7 Å². The number of fused-ring (bicyclic) bond motifs is 1. The second kappa shape index (κ2) is 11.1. The van der Waals surface area contributed by atoms with Crippen molar-refractivity contribution in [1.29, 1.82) is 0 Å². The standard InChI is InChI=1S/C30H32F3N5O4/c1-18-7-5-6-15-36(18)28(40)23-17-21(42-4)12-13-24(23)38-25-22(26(34-38)30(31,32)33)14-16-37(29(25)41)20-10-8-19(9-11-20)27(39)35(2)3/h8-13,17-18H,5-7,14-16H2,1-4H3. The number of amides is 3. The summed E-state index contributed by atoms with van der Waals surface area (Å²) in [6, 6.07) is 10.7. The fourth-order valence-corrected chi connectivity index (χ4v) is 5.60. The number of hydrogen-bond acceptors (Lipinski definition) is 5. The molecule has 3 aromatic rings. The number of carbonyl (C=O) groups excluding carboxylic acids is 3. The first-order chi connectivity index (χ1) is 19.9. The van der Waals surface area contributed by atoms with E-state index in [0.717, 1.165) is 23.9 Å². The molecule has 222 valence electrons. The van der Waals surface area contributed by atoms with Crippen molar-refractivity contribution in [3.05, 3.63) is 70.5 Å². The highest BCUT2D eigenvalue weighted by molar-refractivity contribution is 6.08. The van der Waals surface area contributed by atoms with Crippen LogP contribution in [0.5, 0.6) is 5.75 Å². The minimum atomic E-state index is -4.82. The highest BCUT2D eigenvalue weighted by atomic mass is 19.4. The summed E-state index contributed by atoms with van der Waals surface area (Å²) in [4.78, 5) is 44.6. The zero-order valence-corrected chi connectivity index (χ0v) is 23.9. The molecule has 2 aliphatic rings. The van der Waals surface area contributed by atoms with Crippen LogP contribution in [0, 0.1) is 0 Å². The van der Waals surface area contributed by atoms with Crippen LogP contribution in [0.15, 0.2) is 42.5 Å². The van der Waals surface area contributed by atoms with Crippen LogP contribution in [0.4, 0.5) is 18.9 Å². The lowest BCUT2D eigenvalue weighted by Crippen LogP contribution is -2.42. The lowest BCUT2D eigenvalue weighted by molar-refractivity contribution is -0.141. The highest BCUT2D eigenvalue weighted by Gasteiger charge is 2.44. The lowest BCUT2D eigenvalue weighted by Gasteiger charge is -2.34. The number of rotatable bonds is 5. The third-order valence-corrected chi connectivity index (χ3v) is 7.84. The van der Waals surface area contributed by atoms with E-state index in [2.05, 4.69) is 5.10 Å². The summed E-state index contributed by atoms with van der Waals surface area (Å²) in [5, 5.41) is 3.91. The summed E-state index contributed by atoms with van der Waals surface area (Å²) in [6.07, 6.45) is -2.31. The number of ether oxygens (including phenoxy) is 1. The predicted octanol–water partition coefficient (Wildman–Crippen LogP) is 4.82. The Hall–Kier alpha value is -4.35. The van der Waals surface area contributed by atoms with Gasteiger partial charge in [-0.3, -0.25) is 14.4 Å². The van der Waals surface area contributed by atoms with Crippen LogP contribution in [0.3, 0.4) is 0 Å². The van der Waals surface area contributed by atoms with Crippen molar-refractivity contribution in [2.45, 2.75) is 44.8 Å². The molecule has 3 heterocycles. The van der Waals surface area contributed by atoms with Gasteiger partial charge < -0.3 is 19.4 Å². The van der Waals surface area contributed by atoms with E-state index in [1.807, 2.05) is 6.92 Å². The predicted molar refractivity (Wildman–Crippen MR) is 149 cm³/mol. The molecule has 2 aromatic carbocycles. The second-order valence-corrected chi connectivity index (χ2v) is 10.8. The molecule has 0 radical (unpaired) electrons. The Morgan fingerprint density at radius 2 is 1.76 bits per heavy atom.